The van der Waals surface area contributed by atoms with Crippen LogP contribution < -0.4 is 10.6 Å². The lowest BCUT2D eigenvalue weighted by atomic mass is 9.95. The van der Waals surface area contributed by atoms with E-state index in [-0.39, 0.29) is 36.0 Å². The molecule has 1 heterocycles. The van der Waals surface area contributed by atoms with Gasteiger partial charge >= 0.3 is 6.18 Å². The van der Waals surface area contributed by atoms with Crippen LogP contribution in [-0.2, 0) is 12.7 Å². The summed E-state index contributed by atoms with van der Waals surface area (Å²) in [7, 11) is 0. The van der Waals surface area contributed by atoms with Crippen molar-refractivity contribution in [2.24, 2.45) is 5.41 Å². The number of aromatic nitrogens is 2. The molecule has 0 amide bonds. The summed E-state index contributed by atoms with van der Waals surface area (Å²) in [6, 6.07) is 7.20. The first-order chi connectivity index (χ1) is 12.7. The second-order valence-corrected chi connectivity index (χ2v) is 6.75. The largest absolute Gasteiger partial charge is 0.416 e. The van der Waals surface area contributed by atoms with Crippen LogP contribution in [0.4, 0.5) is 24.9 Å². The molecule has 3 N–H and O–H groups in total. The highest BCUT2D eigenvalue weighted by molar-refractivity contribution is 5.53. The van der Waals surface area contributed by atoms with Crippen LogP contribution in [-0.4, -0.2) is 28.2 Å². The Morgan fingerprint density at radius 1 is 1.19 bits per heavy atom. The molecular formula is C18H20F3N5O. The zero-order valence-electron chi connectivity index (χ0n) is 14.9. The van der Waals surface area contributed by atoms with Crippen molar-refractivity contribution >= 4 is 11.8 Å². The number of aliphatic hydroxyl groups excluding tert-OH is 1. The fraction of sp³-hybridized carbons (Fsp3) is 0.389. The van der Waals surface area contributed by atoms with Crippen molar-refractivity contribution in [3.8, 4) is 6.07 Å². The summed E-state index contributed by atoms with van der Waals surface area (Å²) in [5.41, 5.74) is -0.898. The summed E-state index contributed by atoms with van der Waals surface area (Å²) < 4.78 is 39.2. The molecule has 6 nitrogen and oxygen atoms in total. The van der Waals surface area contributed by atoms with E-state index in [1.54, 1.807) is 0 Å². The van der Waals surface area contributed by atoms with E-state index in [9.17, 15) is 18.3 Å². The normalized spacial score (nSPS) is 11.7. The Morgan fingerprint density at radius 3 is 2.52 bits per heavy atom. The molecule has 1 aromatic heterocycles. The lowest BCUT2D eigenvalue weighted by molar-refractivity contribution is -0.138. The fourth-order valence-electron chi connectivity index (χ4n) is 2.19. The Bertz CT molecular complexity index is 830. The Balaban J connectivity index is 2.17. The first-order valence-corrected chi connectivity index (χ1v) is 8.17. The number of hydrogen-bond acceptors (Lipinski definition) is 6. The molecule has 0 aliphatic rings. The molecule has 2 rings (SSSR count). The molecule has 0 spiro atoms. The predicted molar refractivity (Wildman–Crippen MR) is 94.9 cm³/mol. The molecular weight excluding hydrogens is 359 g/mol. The first kappa shape index (κ1) is 20.5. The number of halogens is 3. The molecule has 0 saturated carbocycles. The summed E-state index contributed by atoms with van der Waals surface area (Å²) in [5, 5.41) is 24.2. The smallest absolute Gasteiger partial charge is 0.396 e. The van der Waals surface area contributed by atoms with Crippen LogP contribution in [0.1, 0.15) is 30.5 Å². The second kappa shape index (κ2) is 8.22. The monoisotopic (exact) mass is 379 g/mol. The Labute approximate surface area is 155 Å². The van der Waals surface area contributed by atoms with E-state index in [1.165, 1.54) is 24.4 Å². The number of hydrogen-bond donors (Lipinski definition) is 3. The molecule has 0 aliphatic heterocycles. The highest BCUT2D eigenvalue weighted by atomic mass is 19.4. The van der Waals surface area contributed by atoms with Gasteiger partial charge in [-0.25, -0.2) is 4.98 Å². The molecule has 0 saturated heterocycles. The van der Waals surface area contributed by atoms with Crippen LogP contribution in [0.3, 0.4) is 0 Å². The summed E-state index contributed by atoms with van der Waals surface area (Å²) in [5.74, 6) is 0.343. The molecule has 144 valence electrons. The predicted octanol–water partition coefficient (Wildman–Crippen LogP) is 3.41. The van der Waals surface area contributed by atoms with Gasteiger partial charge in [-0.05, 0) is 11.6 Å². The molecule has 27 heavy (non-hydrogen) atoms. The van der Waals surface area contributed by atoms with Gasteiger partial charge in [-0.1, -0.05) is 32.0 Å². The van der Waals surface area contributed by atoms with E-state index < -0.39 is 17.2 Å². The third kappa shape index (κ3) is 5.56. The van der Waals surface area contributed by atoms with Crippen molar-refractivity contribution in [3.63, 3.8) is 0 Å². The molecule has 1 aromatic carbocycles. The number of nitriles is 1. The molecule has 9 heteroatoms. The molecule has 0 radical (unpaired) electrons. The van der Waals surface area contributed by atoms with E-state index in [0.717, 1.165) is 6.07 Å². The Kier molecular flexibility index (Phi) is 6.23. The van der Waals surface area contributed by atoms with Crippen LogP contribution in [0.5, 0.6) is 0 Å². The van der Waals surface area contributed by atoms with Gasteiger partial charge in [-0.15, -0.1) is 0 Å². The summed E-state index contributed by atoms with van der Waals surface area (Å²) in [6.07, 6.45) is -3.16. The number of alkyl halides is 3. The van der Waals surface area contributed by atoms with Gasteiger partial charge in [-0.3, -0.25) is 0 Å². The van der Waals surface area contributed by atoms with E-state index in [0.29, 0.717) is 6.54 Å². The number of aliphatic hydroxyl groups is 1. The van der Waals surface area contributed by atoms with Gasteiger partial charge < -0.3 is 15.7 Å². The molecule has 0 bridgehead atoms. The van der Waals surface area contributed by atoms with E-state index in [2.05, 4.69) is 20.6 Å². The maximum atomic E-state index is 13.1. The minimum absolute atomic E-state index is 0.0632. The molecule has 2 aromatic rings. The summed E-state index contributed by atoms with van der Waals surface area (Å²) in [6.45, 7) is 3.84. The number of rotatable bonds is 7. The second-order valence-electron chi connectivity index (χ2n) is 6.75. The third-order valence-corrected chi connectivity index (χ3v) is 3.83. The average molecular weight is 379 g/mol. The third-order valence-electron chi connectivity index (χ3n) is 3.83. The molecule has 0 atom stereocenters. The van der Waals surface area contributed by atoms with Crippen LogP contribution in [0.25, 0.3) is 0 Å². The quantitative estimate of drug-likeness (QED) is 0.683. The maximum Gasteiger partial charge on any atom is 0.416 e. The minimum atomic E-state index is -4.45. The van der Waals surface area contributed by atoms with Crippen molar-refractivity contribution in [3.05, 3.63) is 47.2 Å². The van der Waals surface area contributed by atoms with Gasteiger partial charge in [0.15, 0.2) is 0 Å². The van der Waals surface area contributed by atoms with Gasteiger partial charge in [0.1, 0.15) is 17.5 Å². The molecule has 0 aliphatic carbocycles. The van der Waals surface area contributed by atoms with E-state index >= 15 is 0 Å². The SMILES string of the molecule is CC(C)(CO)CNc1nc(NCc2ccccc2C(F)(F)F)ncc1C#N. The van der Waals surface area contributed by atoms with Gasteiger partial charge in [-0.2, -0.15) is 23.4 Å². The van der Waals surface area contributed by atoms with Crippen molar-refractivity contribution in [2.75, 3.05) is 23.8 Å². The van der Waals surface area contributed by atoms with Crippen LogP contribution in [0.15, 0.2) is 30.5 Å². The van der Waals surface area contributed by atoms with E-state index in [1.807, 2.05) is 19.9 Å². The number of anilines is 2. The number of benzene rings is 1. The highest BCUT2D eigenvalue weighted by Gasteiger charge is 2.32. The topological polar surface area (TPSA) is 93.9 Å². The fourth-order valence-corrected chi connectivity index (χ4v) is 2.19. The zero-order valence-corrected chi connectivity index (χ0v) is 14.9. The molecule has 0 fully saturated rings. The standard InChI is InChI=1S/C18H20F3N5O/c1-17(2,11-27)10-25-15-13(7-22)9-24-16(26-15)23-8-12-5-3-4-6-14(12)18(19,20)21/h3-6,9,27H,8,10-11H2,1-2H3,(H2,23,24,25,26). The number of nitrogens with one attached hydrogen (secondary N) is 2. The van der Waals surface area contributed by atoms with Crippen molar-refractivity contribution in [1.29, 1.82) is 5.26 Å². The summed E-state index contributed by atoms with van der Waals surface area (Å²) >= 11 is 0. The minimum Gasteiger partial charge on any atom is -0.396 e. The van der Waals surface area contributed by atoms with Crippen LogP contribution in [0.2, 0.25) is 0 Å². The maximum absolute atomic E-state index is 13.1. The van der Waals surface area contributed by atoms with Gasteiger partial charge in [0.05, 0.1) is 11.8 Å². The number of nitrogens with zero attached hydrogens (tertiary/aromatic N) is 3. The average Bonchev–Trinajstić information content (AvgIpc) is 2.64. The van der Waals surface area contributed by atoms with Crippen LogP contribution >= 0.6 is 0 Å². The molecule has 0 unspecified atom stereocenters. The Morgan fingerprint density at radius 2 is 1.89 bits per heavy atom. The van der Waals surface area contributed by atoms with E-state index in [4.69, 9.17) is 5.26 Å². The van der Waals surface area contributed by atoms with Gasteiger partial charge in [0.25, 0.3) is 0 Å². The van der Waals surface area contributed by atoms with Crippen molar-refractivity contribution in [2.45, 2.75) is 26.6 Å². The zero-order chi connectivity index (χ0) is 20.1. The lowest BCUT2D eigenvalue weighted by Crippen LogP contribution is -2.27. The van der Waals surface area contributed by atoms with Crippen molar-refractivity contribution < 1.29 is 18.3 Å². The lowest BCUT2D eigenvalue weighted by Gasteiger charge is -2.22. The van der Waals surface area contributed by atoms with Gasteiger partial charge in [0.2, 0.25) is 5.95 Å². The van der Waals surface area contributed by atoms with Crippen LogP contribution in [0, 0.1) is 16.7 Å². The summed E-state index contributed by atoms with van der Waals surface area (Å²) in [4.78, 5) is 8.14. The van der Waals surface area contributed by atoms with Crippen molar-refractivity contribution in [1.82, 2.24) is 9.97 Å². The first-order valence-electron chi connectivity index (χ1n) is 8.17. The highest BCUT2D eigenvalue weighted by Crippen LogP contribution is 2.32. The van der Waals surface area contributed by atoms with Gasteiger partial charge in [0, 0.05) is 25.1 Å². The Hall–Kier alpha value is -2.86.